The molecule has 1 saturated heterocycles. The van der Waals surface area contributed by atoms with E-state index in [-0.39, 0.29) is 11.9 Å². The number of aryl methyl sites for hydroxylation is 1. The average molecular weight is 428 g/mol. The minimum Gasteiger partial charge on any atom is -0.462 e. The molecule has 0 unspecified atom stereocenters. The molecule has 1 aliphatic heterocycles. The van der Waals surface area contributed by atoms with Crippen molar-refractivity contribution in [2.75, 3.05) is 44.6 Å². The van der Waals surface area contributed by atoms with E-state index in [2.05, 4.69) is 39.4 Å². The zero-order chi connectivity index (χ0) is 20.9. The topological polar surface area (TPSA) is 61.9 Å². The van der Waals surface area contributed by atoms with Crippen molar-refractivity contribution < 1.29 is 14.3 Å². The van der Waals surface area contributed by atoms with Gasteiger partial charge in [-0.1, -0.05) is 30.3 Å². The minimum atomic E-state index is -0.318. The van der Waals surface area contributed by atoms with Gasteiger partial charge in [0.05, 0.1) is 18.7 Å². The first-order valence-corrected chi connectivity index (χ1v) is 11.6. The van der Waals surface area contributed by atoms with Crippen LogP contribution in [0.2, 0.25) is 0 Å². The second-order valence-electron chi connectivity index (χ2n) is 7.87. The summed E-state index contributed by atoms with van der Waals surface area (Å²) < 4.78 is 5.24. The molecule has 1 aromatic carbocycles. The predicted octanol–water partition coefficient (Wildman–Crippen LogP) is 3.17. The van der Waals surface area contributed by atoms with E-state index in [9.17, 15) is 9.59 Å². The van der Waals surface area contributed by atoms with E-state index in [1.165, 1.54) is 21.8 Å². The number of nitrogens with one attached hydrogen (secondary N) is 1. The van der Waals surface area contributed by atoms with Crippen molar-refractivity contribution in [3.63, 3.8) is 0 Å². The Morgan fingerprint density at radius 2 is 1.80 bits per heavy atom. The van der Waals surface area contributed by atoms with Gasteiger partial charge in [-0.25, -0.2) is 4.79 Å². The van der Waals surface area contributed by atoms with Gasteiger partial charge >= 0.3 is 5.97 Å². The molecule has 0 radical (unpaired) electrons. The molecule has 1 N–H and O–H groups in total. The van der Waals surface area contributed by atoms with Gasteiger partial charge in [-0.3, -0.25) is 14.6 Å². The van der Waals surface area contributed by atoms with Gasteiger partial charge in [-0.2, -0.15) is 0 Å². The van der Waals surface area contributed by atoms with Crippen LogP contribution >= 0.6 is 11.3 Å². The Labute approximate surface area is 181 Å². The molecule has 2 aromatic rings. The number of amides is 1. The fraction of sp³-hybridized carbons (Fsp3) is 0.478. The normalized spacial score (nSPS) is 17.0. The molecule has 1 amide bonds. The predicted molar refractivity (Wildman–Crippen MR) is 119 cm³/mol. The molecule has 30 heavy (non-hydrogen) atoms. The summed E-state index contributed by atoms with van der Waals surface area (Å²) in [5, 5.41) is 3.66. The number of thiophene rings is 1. The van der Waals surface area contributed by atoms with Gasteiger partial charge in [-0.05, 0) is 37.3 Å². The number of ether oxygens (including phenoxy) is 1. The number of nitrogens with zero attached hydrogens (tertiary/aromatic N) is 2. The Morgan fingerprint density at radius 3 is 2.53 bits per heavy atom. The number of anilines is 1. The fourth-order valence-electron chi connectivity index (χ4n) is 4.23. The highest BCUT2D eigenvalue weighted by Crippen LogP contribution is 2.39. The fourth-order valence-corrected chi connectivity index (χ4v) is 5.52. The molecule has 1 aliphatic carbocycles. The number of piperazine rings is 1. The van der Waals surface area contributed by atoms with E-state index < -0.39 is 0 Å². The lowest BCUT2D eigenvalue weighted by Crippen LogP contribution is -2.48. The zero-order valence-corrected chi connectivity index (χ0v) is 18.3. The lowest BCUT2D eigenvalue weighted by molar-refractivity contribution is -0.117. The number of esters is 1. The van der Waals surface area contributed by atoms with Crippen molar-refractivity contribution in [2.24, 2.45) is 0 Å². The van der Waals surface area contributed by atoms with Gasteiger partial charge in [0.15, 0.2) is 0 Å². The molecule has 6 nitrogen and oxygen atoms in total. The summed E-state index contributed by atoms with van der Waals surface area (Å²) >= 11 is 1.54. The molecule has 0 spiro atoms. The van der Waals surface area contributed by atoms with Crippen LogP contribution in [-0.2, 0) is 28.9 Å². The highest BCUT2D eigenvalue weighted by Gasteiger charge is 2.28. The summed E-state index contributed by atoms with van der Waals surface area (Å²) in [7, 11) is 0. The molecule has 4 rings (SSSR count). The number of carbonyl (C=O) groups is 2. The first kappa shape index (κ1) is 21.0. The van der Waals surface area contributed by atoms with Crippen LogP contribution in [0.25, 0.3) is 0 Å². The van der Waals surface area contributed by atoms with E-state index in [1.807, 2.05) is 6.07 Å². The Hall–Kier alpha value is -2.22. The molecule has 7 heteroatoms. The Balaban J connectivity index is 1.31. The molecule has 2 aliphatic rings. The van der Waals surface area contributed by atoms with Crippen LogP contribution in [0.5, 0.6) is 0 Å². The van der Waals surface area contributed by atoms with Crippen molar-refractivity contribution >= 4 is 28.2 Å². The second kappa shape index (κ2) is 9.73. The molecule has 0 saturated carbocycles. The lowest BCUT2D eigenvalue weighted by atomic mass is 10.1. The van der Waals surface area contributed by atoms with Crippen LogP contribution in [0, 0.1) is 0 Å². The second-order valence-corrected chi connectivity index (χ2v) is 8.97. The van der Waals surface area contributed by atoms with E-state index >= 15 is 0 Å². The Bertz CT molecular complexity index is 889. The van der Waals surface area contributed by atoms with Gasteiger partial charge in [-0.15, -0.1) is 11.3 Å². The van der Waals surface area contributed by atoms with Crippen molar-refractivity contribution in [3.05, 3.63) is 51.9 Å². The Kier molecular flexibility index (Phi) is 6.82. The first-order chi connectivity index (χ1) is 14.6. The number of rotatable bonds is 7. The van der Waals surface area contributed by atoms with Gasteiger partial charge < -0.3 is 10.1 Å². The van der Waals surface area contributed by atoms with Crippen molar-refractivity contribution in [3.8, 4) is 0 Å². The summed E-state index contributed by atoms with van der Waals surface area (Å²) in [6.07, 6.45) is 2.93. The van der Waals surface area contributed by atoms with Crippen molar-refractivity contribution in [1.82, 2.24) is 9.80 Å². The van der Waals surface area contributed by atoms with Crippen LogP contribution in [0.1, 0.15) is 39.7 Å². The summed E-state index contributed by atoms with van der Waals surface area (Å²) in [6.45, 7) is 7.07. The highest BCUT2D eigenvalue weighted by atomic mass is 32.1. The number of benzene rings is 1. The standard InChI is InChI=1S/C23H29N3O3S/c1-2-29-23(28)21-18-9-6-10-19(18)30-22(21)24-20(27)16-26-13-11-25(12-14-26)15-17-7-4-3-5-8-17/h3-5,7-8H,2,6,9-16H2,1H3,(H,24,27). The van der Waals surface area contributed by atoms with Gasteiger partial charge in [0.2, 0.25) is 5.91 Å². The quantitative estimate of drug-likeness (QED) is 0.688. The minimum absolute atomic E-state index is 0.0584. The van der Waals surface area contributed by atoms with E-state index in [0.29, 0.717) is 23.7 Å². The molecule has 0 bridgehead atoms. The van der Waals surface area contributed by atoms with Crippen LogP contribution in [-0.4, -0.2) is 61.0 Å². The maximum atomic E-state index is 12.7. The maximum absolute atomic E-state index is 12.7. The van der Waals surface area contributed by atoms with E-state index in [4.69, 9.17) is 4.74 Å². The maximum Gasteiger partial charge on any atom is 0.341 e. The van der Waals surface area contributed by atoms with Gasteiger partial charge in [0, 0.05) is 37.6 Å². The Morgan fingerprint density at radius 1 is 1.07 bits per heavy atom. The van der Waals surface area contributed by atoms with E-state index in [1.54, 1.807) is 6.92 Å². The number of fused-ring (bicyclic) bond motifs is 1. The molecule has 1 fully saturated rings. The monoisotopic (exact) mass is 427 g/mol. The SMILES string of the molecule is CCOC(=O)c1c(NC(=O)CN2CCN(Cc3ccccc3)CC2)sc2c1CCC2. The molecule has 1 aromatic heterocycles. The van der Waals surface area contributed by atoms with Crippen LogP contribution in [0.15, 0.2) is 30.3 Å². The lowest BCUT2D eigenvalue weighted by Gasteiger charge is -2.34. The molecular weight excluding hydrogens is 398 g/mol. The van der Waals surface area contributed by atoms with E-state index in [0.717, 1.165) is 57.5 Å². The molecule has 0 atom stereocenters. The summed E-state index contributed by atoms with van der Waals surface area (Å²) in [4.78, 5) is 31.0. The highest BCUT2D eigenvalue weighted by molar-refractivity contribution is 7.17. The van der Waals surface area contributed by atoms with Crippen LogP contribution in [0.4, 0.5) is 5.00 Å². The van der Waals surface area contributed by atoms with Gasteiger partial charge in [0.25, 0.3) is 0 Å². The number of hydrogen-bond acceptors (Lipinski definition) is 6. The first-order valence-electron chi connectivity index (χ1n) is 10.7. The zero-order valence-electron chi connectivity index (χ0n) is 17.5. The summed E-state index contributed by atoms with van der Waals surface area (Å²) in [6, 6.07) is 10.5. The average Bonchev–Trinajstić information content (AvgIpc) is 3.31. The van der Waals surface area contributed by atoms with Crippen LogP contribution < -0.4 is 5.32 Å². The smallest absolute Gasteiger partial charge is 0.341 e. The number of carbonyl (C=O) groups excluding carboxylic acids is 2. The number of hydrogen-bond donors (Lipinski definition) is 1. The molecular formula is C23H29N3O3S. The van der Waals surface area contributed by atoms with Crippen LogP contribution in [0.3, 0.4) is 0 Å². The third-order valence-corrected chi connectivity index (χ3v) is 6.94. The van der Waals surface area contributed by atoms with Gasteiger partial charge in [0.1, 0.15) is 5.00 Å². The largest absolute Gasteiger partial charge is 0.462 e. The van der Waals surface area contributed by atoms with Crippen molar-refractivity contribution in [2.45, 2.75) is 32.7 Å². The molecule has 2 heterocycles. The molecule has 160 valence electrons. The summed E-state index contributed by atoms with van der Waals surface area (Å²) in [5.74, 6) is -0.376. The third-order valence-electron chi connectivity index (χ3n) is 5.73. The third kappa shape index (κ3) is 4.91. The summed E-state index contributed by atoms with van der Waals surface area (Å²) in [5.41, 5.74) is 2.97. The van der Waals surface area contributed by atoms with Crippen molar-refractivity contribution in [1.29, 1.82) is 0 Å².